The summed E-state index contributed by atoms with van der Waals surface area (Å²) in [5.74, 6) is 0. The van der Waals surface area contributed by atoms with Gasteiger partial charge in [-0.15, -0.1) is 0 Å². The van der Waals surface area contributed by atoms with Crippen molar-refractivity contribution in [1.82, 2.24) is 10.3 Å². The van der Waals surface area contributed by atoms with Crippen LogP contribution in [0.4, 0.5) is 0 Å². The largest absolute Gasteiger partial charge is 0.377 e. The average molecular weight is 329 g/mol. The summed E-state index contributed by atoms with van der Waals surface area (Å²) >= 11 is 3.48. The molecule has 1 atom stereocenters. The number of likely N-dealkylation sites (N-methyl/N-ethyl adjacent to an activating group) is 1. The van der Waals surface area contributed by atoms with Gasteiger partial charge in [0.1, 0.15) is 0 Å². The smallest absolute Gasteiger partial charge is 0.0828 e. The Morgan fingerprint density at radius 1 is 1.32 bits per heavy atom. The Morgan fingerprint density at radius 3 is 2.47 bits per heavy atom. The first-order chi connectivity index (χ1) is 9.11. The zero-order valence-electron chi connectivity index (χ0n) is 12.4. The number of hydrogen-bond acceptors (Lipinski definition) is 3. The Labute approximate surface area is 125 Å². The first kappa shape index (κ1) is 16.6. The topological polar surface area (TPSA) is 34.2 Å². The van der Waals surface area contributed by atoms with Crippen LogP contribution in [-0.2, 0) is 11.2 Å². The van der Waals surface area contributed by atoms with E-state index >= 15 is 0 Å². The van der Waals surface area contributed by atoms with Crippen LogP contribution in [0.1, 0.15) is 39.2 Å². The van der Waals surface area contributed by atoms with Crippen LogP contribution in [0.2, 0.25) is 0 Å². The van der Waals surface area contributed by atoms with Crippen molar-refractivity contribution < 1.29 is 4.74 Å². The molecule has 108 valence electrons. The van der Waals surface area contributed by atoms with Crippen LogP contribution in [0.5, 0.6) is 0 Å². The molecule has 3 nitrogen and oxygen atoms in total. The number of hydrogen-bond donors (Lipinski definition) is 1. The summed E-state index contributed by atoms with van der Waals surface area (Å²) in [6, 6.07) is 2.43. The molecule has 1 heterocycles. The second kappa shape index (κ2) is 7.98. The normalized spacial score (nSPS) is 13.5. The second-order valence-corrected chi connectivity index (χ2v) is 5.72. The predicted octanol–water partition coefficient (Wildman–Crippen LogP) is 3.57. The highest BCUT2D eigenvalue weighted by Crippen LogP contribution is 2.27. The van der Waals surface area contributed by atoms with Gasteiger partial charge in [0.15, 0.2) is 0 Å². The van der Waals surface area contributed by atoms with Crippen molar-refractivity contribution in [2.75, 3.05) is 13.7 Å². The van der Waals surface area contributed by atoms with Crippen LogP contribution >= 0.6 is 15.9 Å². The fraction of sp³-hybridized carbons (Fsp3) is 0.667. The van der Waals surface area contributed by atoms with Crippen LogP contribution in [-0.4, -0.2) is 30.3 Å². The summed E-state index contributed by atoms with van der Waals surface area (Å²) in [4.78, 5) is 4.24. The van der Waals surface area contributed by atoms with Gasteiger partial charge in [-0.2, -0.15) is 0 Å². The van der Waals surface area contributed by atoms with Gasteiger partial charge in [-0.1, -0.05) is 20.8 Å². The Kier molecular flexibility index (Phi) is 6.97. The third kappa shape index (κ3) is 4.26. The molecule has 0 bridgehead atoms. The molecule has 0 aliphatic carbocycles. The minimum Gasteiger partial charge on any atom is -0.377 e. The van der Waals surface area contributed by atoms with Gasteiger partial charge in [0, 0.05) is 30.0 Å². The summed E-state index contributed by atoms with van der Waals surface area (Å²) < 4.78 is 6.88. The quantitative estimate of drug-likeness (QED) is 0.792. The van der Waals surface area contributed by atoms with Gasteiger partial charge >= 0.3 is 0 Å². The number of aromatic nitrogens is 1. The molecule has 0 saturated heterocycles. The van der Waals surface area contributed by atoms with E-state index in [2.05, 4.69) is 53.1 Å². The number of methoxy groups -OCH3 is 1. The number of rotatable bonds is 8. The molecule has 1 aromatic rings. The van der Waals surface area contributed by atoms with E-state index in [0.29, 0.717) is 6.04 Å². The van der Waals surface area contributed by atoms with E-state index in [0.717, 1.165) is 30.3 Å². The van der Waals surface area contributed by atoms with Gasteiger partial charge in [0.05, 0.1) is 5.60 Å². The van der Waals surface area contributed by atoms with Gasteiger partial charge in [-0.3, -0.25) is 4.98 Å². The second-order valence-electron chi connectivity index (χ2n) is 4.80. The number of halogens is 1. The average Bonchev–Trinajstić information content (AvgIpc) is 2.41. The molecule has 0 amide bonds. The van der Waals surface area contributed by atoms with E-state index in [-0.39, 0.29) is 5.60 Å². The molecule has 1 unspecified atom stereocenters. The molecule has 19 heavy (non-hydrogen) atoms. The van der Waals surface area contributed by atoms with Crippen molar-refractivity contribution in [3.8, 4) is 0 Å². The number of pyridine rings is 1. The van der Waals surface area contributed by atoms with Crippen LogP contribution in [0.25, 0.3) is 0 Å². The zero-order chi connectivity index (χ0) is 14.3. The molecule has 0 fully saturated rings. The van der Waals surface area contributed by atoms with Crippen LogP contribution < -0.4 is 5.32 Å². The predicted molar refractivity (Wildman–Crippen MR) is 83.4 cm³/mol. The molecular formula is C15H25BrN2O. The van der Waals surface area contributed by atoms with Gasteiger partial charge in [0.25, 0.3) is 0 Å². The Hall–Kier alpha value is -0.450. The van der Waals surface area contributed by atoms with Crippen molar-refractivity contribution in [2.45, 2.75) is 51.7 Å². The Bertz CT molecular complexity index is 372. The Morgan fingerprint density at radius 2 is 2.00 bits per heavy atom. The van der Waals surface area contributed by atoms with E-state index in [1.54, 1.807) is 0 Å². The standard InChI is InChI=1S/C15H25BrN2O/c1-5-15(6-2,19-4)14(18-7-3)9-12-8-13(16)11-17-10-12/h8,10-11,14,18H,5-7,9H2,1-4H3. The van der Waals surface area contributed by atoms with E-state index in [4.69, 9.17) is 4.74 Å². The fourth-order valence-corrected chi connectivity index (χ4v) is 3.08. The lowest BCUT2D eigenvalue weighted by molar-refractivity contribution is -0.0468. The van der Waals surface area contributed by atoms with Crippen LogP contribution in [0.3, 0.4) is 0 Å². The van der Waals surface area contributed by atoms with Gasteiger partial charge in [0.2, 0.25) is 0 Å². The first-order valence-corrected chi connectivity index (χ1v) is 7.79. The van der Waals surface area contributed by atoms with E-state index < -0.39 is 0 Å². The third-order valence-electron chi connectivity index (χ3n) is 3.89. The molecule has 1 aromatic heterocycles. The lowest BCUT2D eigenvalue weighted by atomic mass is 9.84. The van der Waals surface area contributed by atoms with E-state index in [9.17, 15) is 0 Å². The fourth-order valence-electron chi connectivity index (χ4n) is 2.67. The molecule has 0 aromatic carbocycles. The highest BCUT2D eigenvalue weighted by molar-refractivity contribution is 9.10. The van der Waals surface area contributed by atoms with Crippen LogP contribution in [0.15, 0.2) is 22.9 Å². The molecule has 0 spiro atoms. The molecular weight excluding hydrogens is 304 g/mol. The highest BCUT2D eigenvalue weighted by atomic mass is 79.9. The molecule has 0 radical (unpaired) electrons. The Balaban J connectivity index is 2.93. The van der Waals surface area contributed by atoms with Crippen molar-refractivity contribution in [3.63, 3.8) is 0 Å². The van der Waals surface area contributed by atoms with Crippen molar-refractivity contribution in [2.24, 2.45) is 0 Å². The minimum absolute atomic E-state index is 0.113. The van der Waals surface area contributed by atoms with Crippen molar-refractivity contribution >= 4 is 15.9 Å². The third-order valence-corrected chi connectivity index (χ3v) is 4.32. The summed E-state index contributed by atoms with van der Waals surface area (Å²) in [6.45, 7) is 7.46. The maximum absolute atomic E-state index is 5.86. The van der Waals surface area contributed by atoms with Crippen molar-refractivity contribution in [3.05, 3.63) is 28.5 Å². The molecule has 0 aliphatic heterocycles. The van der Waals surface area contributed by atoms with E-state index in [1.807, 2.05) is 19.5 Å². The first-order valence-electron chi connectivity index (χ1n) is 6.99. The van der Waals surface area contributed by atoms with Gasteiger partial charge < -0.3 is 10.1 Å². The summed E-state index contributed by atoms with van der Waals surface area (Å²) in [5.41, 5.74) is 1.11. The number of nitrogens with zero attached hydrogens (tertiary/aromatic N) is 1. The minimum atomic E-state index is -0.113. The van der Waals surface area contributed by atoms with E-state index in [1.165, 1.54) is 5.56 Å². The molecule has 4 heteroatoms. The monoisotopic (exact) mass is 328 g/mol. The maximum Gasteiger partial charge on any atom is 0.0828 e. The SMILES string of the molecule is CCNC(Cc1cncc(Br)c1)C(CC)(CC)OC. The highest BCUT2D eigenvalue weighted by Gasteiger charge is 2.35. The molecule has 0 aliphatic rings. The lowest BCUT2D eigenvalue weighted by Gasteiger charge is -2.39. The maximum atomic E-state index is 5.86. The molecule has 0 saturated carbocycles. The number of nitrogens with one attached hydrogen (secondary N) is 1. The zero-order valence-corrected chi connectivity index (χ0v) is 14.0. The van der Waals surface area contributed by atoms with Crippen LogP contribution in [0, 0.1) is 0 Å². The van der Waals surface area contributed by atoms with Crippen molar-refractivity contribution in [1.29, 1.82) is 0 Å². The summed E-state index contributed by atoms with van der Waals surface area (Å²) in [7, 11) is 1.82. The molecule has 1 rings (SSSR count). The number of ether oxygens (including phenoxy) is 1. The molecule has 1 N–H and O–H groups in total. The summed E-state index contributed by atoms with van der Waals surface area (Å²) in [6.07, 6.45) is 6.67. The van der Waals surface area contributed by atoms with Gasteiger partial charge in [-0.05, 0) is 53.4 Å². The van der Waals surface area contributed by atoms with Gasteiger partial charge in [-0.25, -0.2) is 0 Å². The summed E-state index contributed by atoms with van der Waals surface area (Å²) in [5, 5.41) is 3.58. The lowest BCUT2D eigenvalue weighted by Crippen LogP contribution is -2.52.